The largest absolute Gasteiger partial charge is 0.273 e. The minimum absolute atomic E-state index is 0.720. The molecule has 4 rings (SSSR count). The average molecular weight is 300 g/mol. The summed E-state index contributed by atoms with van der Waals surface area (Å²) in [6.07, 6.45) is 10.5. The number of pyridine rings is 3. The molecule has 6 heteroatoms. The van der Waals surface area contributed by atoms with Crippen molar-refractivity contribution >= 4 is 0 Å². The summed E-state index contributed by atoms with van der Waals surface area (Å²) < 4.78 is 1.97. The van der Waals surface area contributed by atoms with E-state index in [1.165, 1.54) is 0 Å². The van der Waals surface area contributed by atoms with Gasteiger partial charge in [0.25, 0.3) is 0 Å². The van der Waals surface area contributed by atoms with Crippen molar-refractivity contribution in [2.75, 3.05) is 0 Å². The lowest BCUT2D eigenvalue weighted by Crippen LogP contribution is -2.01. The summed E-state index contributed by atoms with van der Waals surface area (Å²) in [6.45, 7) is 0. The van der Waals surface area contributed by atoms with Gasteiger partial charge >= 0.3 is 0 Å². The normalized spacial score (nSPS) is 10.6. The van der Waals surface area contributed by atoms with Crippen molar-refractivity contribution in [2.24, 2.45) is 0 Å². The highest BCUT2D eigenvalue weighted by Crippen LogP contribution is 2.27. The zero-order valence-corrected chi connectivity index (χ0v) is 12.1. The molecule has 6 nitrogen and oxygen atoms in total. The Labute approximate surface area is 132 Å². The SMILES string of the molecule is c1cncc(-c2nnc(-c3ccncc3)n2-c2cccnc2)c1. The molecule has 4 heterocycles. The molecule has 23 heavy (non-hydrogen) atoms. The second kappa shape index (κ2) is 5.76. The average Bonchev–Trinajstić information content (AvgIpc) is 3.09. The van der Waals surface area contributed by atoms with Crippen molar-refractivity contribution in [3.8, 4) is 28.5 Å². The first kappa shape index (κ1) is 13.3. The van der Waals surface area contributed by atoms with Gasteiger partial charge in [0.1, 0.15) is 0 Å². The predicted octanol–water partition coefficient (Wildman–Crippen LogP) is 2.79. The molecule has 0 aliphatic rings. The van der Waals surface area contributed by atoms with Crippen LogP contribution in [0.4, 0.5) is 0 Å². The van der Waals surface area contributed by atoms with Crippen molar-refractivity contribution < 1.29 is 0 Å². The van der Waals surface area contributed by atoms with Crippen LogP contribution in [-0.4, -0.2) is 29.7 Å². The fraction of sp³-hybridized carbons (Fsp3) is 0. The standard InChI is InChI=1S/C17H12N6/c1-3-14(11-19-7-1)17-22-21-16(13-5-9-18-10-6-13)23(17)15-4-2-8-20-12-15/h1-12H. The first-order valence-corrected chi connectivity index (χ1v) is 7.10. The van der Waals surface area contributed by atoms with Gasteiger partial charge < -0.3 is 0 Å². The van der Waals surface area contributed by atoms with Gasteiger partial charge in [0.2, 0.25) is 0 Å². The van der Waals surface area contributed by atoms with Gasteiger partial charge in [-0.05, 0) is 36.4 Å². The third-order valence-corrected chi connectivity index (χ3v) is 3.43. The summed E-state index contributed by atoms with van der Waals surface area (Å²) >= 11 is 0. The third-order valence-electron chi connectivity index (χ3n) is 3.43. The number of hydrogen-bond acceptors (Lipinski definition) is 5. The zero-order valence-electron chi connectivity index (χ0n) is 12.1. The summed E-state index contributed by atoms with van der Waals surface area (Å²) in [5.41, 5.74) is 2.72. The molecule has 0 unspecified atom stereocenters. The topological polar surface area (TPSA) is 69.4 Å². The first-order chi connectivity index (χ1) is 11.4. The van der Waals surface area contributed by atoms with E-state index in [0.29, 0.717) is 0 Å². The Kier molecular flexibility index (Phi) is 3.32. The van der Waals surface area contributed by atoms with Crippen LogP contribution >= 0.6 is 0 Å². The Morgan fingerprint density at radius 3 is 1.96 bits per heavy atom. The highest BCUT2D eigenvalue weighted by atomic mass is 15.3. The maximum atomic E-state index is 4.37. The molecular formula is C17H12N6. The third kappa shape index (κ3) is 2.46. The van der Waals surface area contributed by atoms with Crippen LogP contribution in [0.2, 0.25) is 0 Å². The molecule has 0 N–H and O–H groups in total. The Hall–Kier alpha value is -3.41. The van der Waals surface area contributed by atoms with Crippen LogP contribution in [0.15, 0.2) is 73.6 Å². The summed E-state index contributed by atoms with van der Waals surface area (Å²) in [5.74, 6) is 1.46. The van der Waals surface area contributed by atoms with Gasteiger partial charge in [0.05, 0.1) is 11.9 Å². The molecule has 0 radical (unpaired) electrons. The molecule has 0 aliphatic carbocycles. The first-order valence-electron chi connectivity index (χ1n) is 7.10. The van der Waals surface area contributed by atoms with Crippen molar-refractivity contribution in [1.29, 1.82) is 0 Å². The van der Waals surface area contributed by atoms with Gasteiger partial charge in [-0.15, -0.1) is 10.2 Å². The second-order valence-corrected chi connectivity index (χ2v) is 4.87. The van der Waals surface area contributed by atoms with E-state index in [1.807, 2.05) is 41.0 Å². The molecular weight excluding hydrogens is 288 g/mol. The smallest absolute Gasteiger partial charge is 0.170 e. The van der Waals surface area contributed by atoms with Gasteiger partial charge in [-0.25, -0.2) is 0 Å². The minimum atomic E-state index is 0.720. The summed E-state index contributed by atoms with van der Waals surface area (Å²) in [7, 11) is 0. The summed E-state index contributed by atoms with van der Waals surface area (Å²) in [6, 6.07) is 11.5. The maximum absolute atomic E-state index is 4.37. The van der Waals surface area contributed by atoms with Crippen molar-refractivity contribution in [2.45, 2.75) is 0 Å². The van der Waals surface area contributed by atoms with Crippen LogP contribution in [0, 0.1) is 0 Å². The fourth-order valence-electron chi connectivity index (χ4n) is 2.38. The highest BCUT2D eigenvalue weighted by molar-refractivity contribution is 5.65. The van der Waals surface area contributed by atoms with Gasteiger partial charge in [0, 0.05) is 42.1 Å². The molecule has 0 amide bonds. The molecule has 0 bridgehead atoms. The van der Waals surface area contributed by atoms with Crippen LogP contribution in [0.3, 0.4) is 0 Å². The molecule has 0 spiro atoms. The lowest BCUT2D eigenvalue weighted by atomic mass is 10.2. The molecule has 4 aromatic heterocycles. The molecule has 0 aliphatic heterocycles. The van der Waals surface area contributed by atoms with E-state index >= 15 is 0 Å². The van der Waals surface area contributed by atoms with E-state index in [9.17, 15) is 0 Å². The van der Waals surface area contributed by atoms with E-state index in [1.54, 1.807) is 37.2 Å². The van der Waals surface area contributed by atoms with Crippen LogP contribution in [0.25, 0.3) is 28.5 Å². The van der Waals surface area contributed by atoms with Crippen LogP contribution in [0.1, 0.15) is 0 Å². The number of hydrogen-bond donors (Lipinski definition) is 0. The van der Waals surface area contributed by atoms with Gasteiger partial charge in [-0.3, -0.25) is 19.5 Å². The minimum Gasteiger partial charge on any atom is -0.273 e. The number of aromatic nitrogens is 6. The number of nitrogens with zero attached hydrogens (tertiary/aromatic N) is 6. The van der Waals surface area contributed by atoms with Crippen molar-refractivity contribution in [3.05, 3.63) is 73.6 Å². The quantitative estimate of drug-likeness (QED) is 0.582. The van der Waals surface area contributed by atoms with E-state index < -0.39 is 0 Å². The molecule has 4 aromatic rings. The van der Waals surface area contributed by atoms with Gasteiger partial charge in [-0.2, -0.15) is 0 Å². The Bertz CT molecular complexity index is 847. The van der Waals surface area contributed by atoms with E-state index in [0.717, 1.165) is 28.5 Å². The van der Waals surface area contributed by atoms with E-state index in [2.05, 4.69) is 25.1 Å². The Balaban J connectivity index is 1.97. The number of rotatable bonds is 3. The Morgan fingerprint density at radius 2 is 1.30 bits per heavy atom. The highest BCUT2D eigenvalue weighted by Gasteiger charge is 2.17. The van der Waals surface area contributed by atoms with Crippen LogP contribution in [0.5, 0.6) is 0 Å². The van der Waals surface area contributed by atoms with Crippen molar-refractivity contribution in [3.63, 3.8) is 0 Å². The predicted molar refractivity (Wildman–Crippen MR) is 85.6 cm³/mol. The molecule has 0 fully saturated rings. The Morgan fingerprint density at radius 1 is 0.609 bits per heavy atom. The lowest BCUT2D eigenvalue weighted by Gasteiger charge is -2.09. The van der Waals surface area contributed by atoms with Crippen LogP contribution < -0.4 is 0 Å². The fourth-order valence-corrected chi connectivity index (χ4v) is 2.38. The van der Waals surface area contributed by atoms with E-state index in [-0.39, 0.29) is 0 Å². The molecule has 110 valence electrons. The zero-order chi connectivity index (χ0) is 15.5. The molecule has 0 saturated heterocycles. The summed E-state index contributed by atoms with van der Waals surface area (Å²) in [5, 5.41) is 8.73. The van der Waals surface area contributed by atoms with Crippen LogP contribution in [-0.2, 0) is 0 Å². The summed E-state index contributed by atoms with van der Waals surface area (Å²) in [4.78, 5) is 12.4. The van der Waals surface area contributed by atoms with Gasteiger partial charge in [0.15, 0.2) is 11.6 Å². The molecule has 0 aromatic carbocycles. The molecule has 0 atom stereocenters. The van der Waals surface area contributed by atoms with Gasteiger partial charge in [-0.1, -0.05) is 0 Å². The lowest BCUT2D eigenvalue weighted by molar-refractivity contribution is 1.05. The molecule has 0 saturated carbocycles. The van der Waals surface area contributed by atoms with Crippen molar-refractivity contribution in [1.82, 2.24) is 29.7 Å². The second-order valence-electron chi connectivity index (χ2n) is 4.87. The monoisotopic (exact) mass is 300 g/mol. The maximum Gasteiger partial charge on any atom is 0.170 e. The van der Waals surface area contributed by atoms with E-state index in [4.69, 9.17) is 0 Å².